The first-order chi connectivity index (χ1) is 8.83. The quantitative estimate of drug-likeness (QED) is 0.581. The molecular formula is C13H19NO4S. The molecule has 1 saturated heterocycles. The number of thioether (sulfide) groups is 1. The van der Waals surface area contributed by atoms with Crippen LogP contribution in [0.4, 0.5) is 0 Å². The molecular weight excluding hydrogens is 266 g/mol. The van der Waals surface area contributed by atoms with E-state index in [4.69, 9.17) is 9.47 Å². The minimum absolute atomic E-state index is 0.0216. The summed E-state index contributed by atoms with van der Waals surface area (Å²) in [7, 11) is 1.58. The second-order valence-electron chi connectivity index (χ2n) is 5.62. The van der Waals surface area contributed by atoms with Gasteiger partial charge in [0.05, 0.1) is 18.4 Å². The minimum Gasteiger partial charge on any atom is -0.455 e. The zero-order valence-electron chi connectivity index (χ0n) is 11.7. The number of methoxy groups -OCH3 is 1. The van der Waals surface area contributed by atoms with Crippen LogP contribution in [0.2, 0.25) is 0 Å². The molecule has 1 amide bonds. The van der Waals surface area contributed by atoms with Crippen LogP contribution in [0, 0.1) is 0 Å². The van der Waals surface area contributed by atoms with Gasteiger partial charge in [-0.05, 0) is 26.3 Å². The van der Waals surface area contributed by atoms with Gasteiger partial charge in [0.25, 0.3) is 0 Å². The Balaban J connectivity index is 2.28. The molecule has 0 N–H and O–H groups in total. The minimum atomic E-state index is -0.573. The largest absolute Gasteiger partial charge is 0.455 e. The SMILES string of the molecule is COCC1=C(C(=O)OC(C)(C)C)N2C(=O)C[C@H]2SC1. The van der Waals surface area contributed by atoms with E-state index in [0.717, 1.165) is 5.57 Å². The maximum Gasteiger partial charge on any atom is 0.355 e. The van der Waals surface area contributed by atoms with Gasteiger partial charge in [-0.1, -0.05) is 0 Å². The molecule has 2 aliphatic rings. The number of carbonyl (C=O) groups is 2. The summed E-state index contributed by atoms with van der Waals surface area (Å²) in [5, 5.41) is 0.0793. The molecule has 0 radical (unpaired) electrons. The molecule has 0 aromatic carbocycles. The Bertz CT molecular complexity index is 438. The van der Waals surface area contributed by atoms with Gasteiger partial charge in [0.1, 0.15) is 11.3 Å². The van der Waals surface area contributed by atoms with Crippen LogP contribution in [-0.4, -0.2) is 47.2 Å². The van der Waals surface area contributed by atoms with E-state index < -0.39 is 11.6 Å². The highest BCUT2D eigenvalue weighted by atomic mass is 32.2. The van der Waals surface area contributed by atoms with Crippen LogP contribution < -0.4 is 0 Å². The summed E-state index contributed by atoms with van der Waals surface area (Å²) in [4.78, 5) is 25.6. The molecule has 0 saturated carbocycles. The van der Waals surface area contributed by atoms with Gasteiger partial charge in [0, 0.05) is 12.9 Å². The van der Waals surface area contributed by atoms with Crippen LogP contribution in [-0.2, 0) is 19.1 Å². The lowest BCUT2D eigenvalue weighted by Gasteiger charge is -2.44. The molecule has 1 fully saturated rings. The van der Waals surface area contributed by atoms with Crippen molar-refractivity contribution < 1.29 is 19.1 Å². The molecule has 0 bridgehead atoms. The molecule has 0 aliphatic carbocycles. The molecule has 19 heavy (non-hydrogen) atoms. The van der Waals surface area contributed by atoms with Gasteiger partial charge in [-0.25, -0.2) is 4.79 Å². The second kappa shape index (κ2) is 5.17. The van der Waals surface area contributed by atoms with Gasteiger partial charge < -0.3 is 9.47 Å². The lowest BCUT2D eigenvalue weighted by Crippen LogP contribution is -2.54. The van der Waals surface area contributed by atoms with Crippen molar-refractivity contribution in [3.8, 4) is 0 Å². The van der Waals surface area contributed by atoms with Gasteiger partial charge in [-0.3, -0.25) is 9.69 Å². The van der Waals surface area contributed by atoms with E-state index in [9.17, 15) is 9.59 Å². The molecule has 2 heterocycles. The fourth-order valence-electron chi connectivity index (χ4n) is 2.08. The normalized spacial score (nSPS) is 23.1. The number of fused-ring (bicyclic) bond motifs is 1. The van der Waals surface area contributed by atoms with E-state index in [-0.39, 0.29) is 11.3 Å². The Morgan fingerprint density at radius 2 is 2.16 bits per heavy atom. The highest BCUT2D eigenvalue weighted by molar-refractivity contribution is 8.00. The van der Waals surface area contributed by atoms with Crippen molar-refractivity contribution in [1.29, 1.82) is 0 Å². The van der Waals surface area contributed by atoms with E-state index in [1.807, 2.05) is 20.8 Å². The number of amides is 1. The zero-order valence-corrected chi connectivity index (χ0v) is 12.5. The maximum absolute atomic E-state index is 12.3. The number of carbonyl (C=O) groups excluding carboxylic acids is 2. The van der Waals surface area contributed by atoms with Gasteiger partial charge in [0.15, 0.2) is 0 Å². The summed E-state index contributed by atoms with van der Waals surface area (Å²) in [5.74, 6) is 0.251. The Kier molecular flexibility index (Phi) is 3.92. The van der Waals surface area contributed by atoms with Crippen LogP contribution in [0.15, 0.2) is 11.3 Å². The first-order valence-electron chi connectivity index (χ1n) is 6.21. The molecule has 5 nitrogen and oxygen atoms in total. The summed E-state index contributed by atoms with van der Waals surface area (Å²) in [5.41, 5.74) is 0.638. The third-order valence-electron chi connectivity index (χ3n) is 2.84. The Hall–Kier alpha value is -1.01. The van der Waals surface area contributed by atoms with Crippen LogP contribution in [0.25, 0.3) is 0 Å². The maximum atomic E-state index is 12.3. The van der Waals surface area contributed by atoms with Crippen molar-refractivity contribution in [2.24, 2.45) is 0 Å². The number of esters is 1. The first kappa shape index (κ1) is 14.4. The summed E-state index contributed by atoms with van der Waals surface area (Å²) < 4.78 is 10.5. The van der Waals surface area contributed by atoms with Gasteiger partial charge in [-0.2, -0.15) is 0 Å². The number of nitrogens with zero attached hydrogens (tertiary/aromatic N) is 1. The number of rotatable bonds is 3. The average Bonchev–Trinajstić information content (AvgIpc) is 2.27. The van der Waals surface area contributed by atoms with Gasteiger partial charge in [0.2, 0.25) is 5.91 Å². The van der Waals surface area contributed by atoms with Crippen LogP contribution in [0.3, 0.4) is 0 Å². The fraction of sp³-hybridized carbons (Fsp3) is 0.692. The lowest BCUT2D eigenvalue weighted by molar-refractivity contribution is -0.157. The standard InChI is InChI=1S/C13H19NO4S/c1-13(2,3)18-12(16)11-8(6-17-4)7-19-10-5-9(15)14(10)11/h10H,5-7H2,1-4H3/t10-/m1/s1. The van der Waals surface area contributed by atoms with E-state index in [2.05, 4.69) is 0 Å². The lowest BCUT2D eigenvalue weighted by atomic mass is 10.1. The first-order valence-corrected chi connectivity index (χ1v) is 7.26. The van der Waals surface area contributed by atoms with Crippen molar-refractivity contribution in [2.45, 2.75) is 38.2 Å². The smallest absolute Gasteiger partial charge is 0.355 e. The van der Waals surface area contributed by atoms with Crippen molar-refractivity contribution in [1.82, 2.24) is 4.90 Å². The Labute approximate surface area is 117 Å². The van der Waals surface area contributed by atoms with Crippen molar-refractivity contribution in [3.05, 3.63) is 11.3 Å². The summed E-state index contributed by atoms with van der Waals surface area (Å²) in [6.07, 6.45) is 0.497. The van der Waals surface area contributed by atoms with E-state index in [1.54, 1.807) is 23.8 Å². The fourth-order valence-corrected chi connectivity index (χ4v) is 3.32. The molecule has 106 valence electrons. The molecule has 0 spiro atoms. The monoisotopic (exact) mass is 285 g/mol. The third kappa shape index (κ3) is 2.95. The highest BCUT2D eigenvalue weighted by Crippen LogP contribution is 2.40. The number of hydrogen-bond donors (Lipinski definition) is 0. The molecule has 2 aliphatic heterocycles. The number of ether oxygens (including phenoxy) is 2. The Morgan fingerprint density at radius 3 is 2.68 bits per heavy atom. The number of hydrogen-bond acceptors (Lipinski definition) is 5. The molecule has 0 unspecified atom stereocenters. The molecule has 1 atom stereocenters. The molecule has 2 rings (SSSR count). The molecule has 0 aromatic rings. The topological polar surface area (TPSA) is 55.8 Å². The number of β-lactam (4-membered cyclic amide) rings is 1. The van der Waals surface area contributed by atoms with Crippen molar-refractivity contribution >= 4 is 23.6 Å². The van der Waals surface area contributed by atoms with Crippen molar-refractivity contribution in [2.75, 3.05) is 19.5 Å². The van der Waals surface area contributed by atoms with Crippen molar-refractivity contribution in [3.63, 3.8) is 0 Å². The predicted octanol–water partition coefficient (Wildman–Crippen LogP) is 1.53. The van der Waals surface area contributed by atoms with E-state index >= 15 is 0 Å². The third-order valence-corrected chi connectivity index (χ3v) is 4.12. The summed E-state index contributed by atoms with van der Waals surface area (Å²) in [6.45, 7) is 5.79. The zero-order chi connectivity index (χ0) is 14.2. The summed E-state index contributed by atoms with van der Waals surface area (Å²) >= 11 is 1.66. The predicted molar refractivity (Wildman–Crippen MR) is 72.5 cm³/mol. The van der Waals surface area contributed by atoms with Gasteiger partial charge >= 0.3 is 5.97 Å². The average molecular weight is 285 g/mol. The van der Waals surface area contributed by atoms with Crippen LogP contribution in [0.1, 0.15) is 27.2 Å². The highest BCUT2D eigenvalue weighted by Gasteiger charge is 2.46. The van der Waals surface area contributed by atoms with E-state index in [0.29, 0.717) is 24.5 Å². The Morgan fingerprint density at radius 1 is 1.47 bits per heavy atom. The second-order valence-corrected chi connectivity index (χ2v) is 6.79. The molecule has 6 heteroatoms. The van der Waals surface area contributed by atoms with E-state index in [1.165, 1.54) is 0 Å². The van der Waals surface area contributed by atoms with Gasteiger partial charge in [-0.15, -0.1) is 11.8 Å². The van der Waals surface area contributed by atoms with Crippen LogP contribution in [0.5, 0.6) is 0 Å². The summed E-state index contributed by atoms with van der Waals surface area (Å²) in [6, 6.07) is 0. The van der Waals surface area contributed by atoms with Crippen LogP contribution >= 0.6 is 11.8 Å². The molecule has 0 aromatic heterocycles.